The Bertz CT molecular complexity index is 419. The highest BCUT2D eigenvalue weighted by molar-refractivity contribution is 5.00. The zero-order valence-corrected chi connectivity index (χ0v) is 8.95. The number of hydrogen-bond acceptors (Lipinski definition) is 3. The van der Waals surface area contributed by atoms with Gasteiger partial charge in [0.05, 0.1) is 0 Å². The minimum Gasteiger partial charge on any atom is -0.330 e. The van der Waals surface area contributed by atoms with E-state index in [1.54, 1.807) is 13.1 Å². The summed E-state index contributed by atoms with van der Waals surface area (Å²) in [6.45, 7) is 3.00. The van der Waals surface area contributed by atoms with Crippen molar-refractivity contribution < 1.29 is 0 Å². The summed E-state index contributed by atoms with van der Waals surface area (Å²) >= 11 is 0. The average molecular weight is 211 g/mol. The Balaban J connectivity index is 2.66. The van der Waals surface area contributed by atoms with Gasteiger partial charge in [-0.3, -0.25) is 9.78 Å². The molecule has 5 nitrogen and oxygen atoms in total. The number of nitrogens with zero attached hydrogens (tertiary/aromatic N) is 1. The zero-order chi connectivity index (χ0) is 11.3. The highest BCUT2D eigenvalue weighted by Crippen LogP contribution is 1.96. The van der Waals surface area contributed by atoms with Gasteiger partial charge in [-0.1, -0.05) is 6.42 Å². The van der Waals surface area contributed by atoms with E-state index in [1.165, 1.54) is 4.57 Å². The molecule has 0 aliphatic heterocycles. The maximum absolute atomic E-state index is 11.3. The van der Waals surface area contributed by atoms with E-state index in [9.17, 15) is 9.59 Å². The molecule has 0 atom stereocenters. The highest BCUT2D eigenvalue weighted by atomic mass is 16.2. The standard InChI is InChI=1S/C10H17N3O2/c1-8-7-13(6-4-2-3-5-11)10(15)12-9(8)14/h7H,2-6,11H2,1H3,(H,12,14,15). The lowest BCUT2D eigenvalue weighted by molar-refractivity contribution is 0.565. The fourth-order valence-corrected chi connectivity index (χ4v) is 1.39. The maximum Gasteiger partial charge on any atom is 0.328 e. The molecular formula is C10H17N3O2. The van der Waals surface area contributed by atoms with Crippen LogP contribution in [0.3, 0.4) is 0 Å². The molecule has 0 aromatic carbocycles. The van der Waals surface area contributed by atoms with Crippen LogP contribution in [0.4, 0.5) is 0 Å². The number of H-pyrrole nitrogens is 1. The van der Waals surface area contributed by atoms with Crippen LogP contribution in [0.2, 0.25) is 0 Å². The molecule has 1 aromatic rings. The van der Waals surface area contributed by atoms with Crippen LogP contribution in [-0.2, 0) is 6.54 Å². The second-order valence-corrected chi connectivity index (χ2v) is 3.61. The summed E-state index contributed by atoms with van der Waals surface area (Å²) in [7, 11) is 0. The lowest BCUT2D eigenvalue weighted by Crippen LogP contribution is -2.30. The van der Waals surface area contributed by atoms with E-state index in [1.807, 2.05) is 0 Å². The molecule has 0 aliphatic rings. The molecule has 15 heavy (non-hydrogen) atoms. The Labute approximate surface area is 87.9 Å². The minimum absolute atomic E-state index is 0.307. The number of nitrogens with two attached hydrogens (primary N) is 1. The van der Waals surface area contributed by atoms with Crippen molar-refractivity contribution in [3.8, 4) is 0 Å². The van der Waals surface area contributed by atoms with Crippen LogP contribution in [0.15, 0.2) is 15.8 Å². The van der Waals surface area contributed by atoms with Crippen molar-refractivity contribution in [2.75, 3.05) is 6.54 Å². The third kappa shape index (κ3) is 3.36. The summed E-state index contributed by atoms with van der Waals surface area (Å²) in [5.74, 6) is 0. The van der Waals surface area contributed by atoms with Gasteiger partial charge in [0.15, 0.2) is 0 Å². The van der Waals surface area contributed by atoms with Crippen molar-refractivity contribution in [3.05, 3.63) is 32.6 Å². The fourth-order valence-electron chi connectivity index (χ4n) is 1.39. The average Bonchev–Trinajstić information content (AvgIpc) is 2.20. The first-order valence-electron chi connectivity index (χ1n) is 5.15. The molecule has 0 unspecified atom stereocenters. The topological polar surface area (TPSA) is 80.9 Å². The number of nitrogens with one attached hydrogen (secondary N) is 1. The molecule has 1 heterocycles. The maximum atomic E-state index is 11.3. The second kappa shape index (κ2) is 5.50. The minimum atomic E-state index is -0.335. The fraction of sp³-hybridized carbons (Fsp3) is 0.600. The molecule has 0 radical (unpaired) electrons. The van der Waals surface area contributed by atoms with E-state index >= 15 is 0 Å². The van der Waals surface area contributed by atoms with Gasteiger partial charge in [0.1, 0.15) is 0 Å². The first-order valence-corrected chi connectivity index (χ1v) is 5.15. The third-order valence-corrected chi connectivity index (χ3v) is 2.29. The number of aromatic amines is 1. The summed E-state index contributed by atoms with van der Waals surface area (Å²) in [6, 6.07) is 0. The van der Waals surface area contributed by atoms with Crippen LogP contribution in [0.25, 0.3) is 0 Å². The number of aryl methyl sites for hydroxylation is 2. The summed E-state index contributed by atoms with van der Waals surface area (Å²) < 4.78 is 1.53. The van der Waals surface area contributed by atoms with E-state index in [0.717, 1.165) is 19.3 Å². The van der Waals surface area contributed by atoms with Crippen molar-refractivity contribution in [2.45, 2.75) is 32.7 Å². The van der Waals surface area contributed by atoms with E-state index < -0.39 is 0 Å². The second-order valence-electron chi connectivity index (χ2n) is 3.61. The molecule has 0 aliphatic carbocycles. The van der Waals surface area contributed by atoms with Gasteiger partial charge in [0, 0.05) is 18.3 Å². The number of hydrogen-bond donors (Lipinski definition) is 2. The van der Waals surface area contributed by atoms with Gasteiger partial charge in [0.2, 0.25) is 0 Å². The Morgan fingerprint density at radius 2 is 2.07 bits per heavy atom. The lowest BCUT2D eigenvalue weighted by atomic mass is 10.2. The van der Waals surface area contributed by atoms with Crippen LogP contribution in [0.5, 0.6) is 0 Å². The molecule has 0 saturated carbocycles. The highest BCUT2D eigenvalue weighted by Gasteiger charge is 1.99. The van der Waals surface area contributed by atoms with Gasteiger partial charge in [0.25, 0.3) is 5.56 Å². The molecule has 0 fully saturated rings. The monoisotopic (exact) mass is 211 g/mol. The van der Waals surface area contributed by atoms with Gasteiger partial charge < -0.3 is 10.3 Å². The smallest absolute Gasteiger partial charge is 0.328 e. The van der Waals surface area contributed by atoms with Crippen LogP contribution in [-0.4, -0.2) is 16.1 Å². The van der Waals surface area contributed by atoms with Gasteiger partial charge in [-0.2, -0.15) is 0 Å². The molecule has 0 bridgehead atoms. The van der Waals surface area contributed by atoms with Crippen LogP contribution in [0, 0.1) is 6.92 Å². The number of unbranched alkanes of at least 4 members (excludes halogenated alkanes) is 2. The predicted octanol–water partition coefficient (Wildman–Crippen LogP) is -0.0260. The molecule has 3 N–H and O–H groups in total. The molecule has 0 saturated heterocycles. The van der Waals surface area contributed by atoms with E-state index in [4.69, 9.17) is 5.73 Å². The van der Waals surface area contributed by atoms with Gasteiger partial charge in [-0.15, -0.1) is 0 Å². The van der Waals surface area contributed by atoms with E-state index in [-0.39, 0.29) is 11.2 Å². The Morgan fingerprint density at radius 3 is 2.73 bits per heavy atom. The molecule has 5 heteroatoms. The largest absolute Gasteiger partial charge is 0.330 e. The van der Waals surface area contributed by atoms with Gasteiger partial charge in [-0.25, -0.2) is 4.79 Å². The number of aromatic nitrogens is 2. The Hall–Kier alpha value is -1.36. The van der Waals surface area contributed by atoms with Crippen molar-refractivity contribution in [1.29, 1.82) is 0 Å². The van der Waals surface area contributed by atoms with Crippen molar-refractivity contribution >= 4 is 0 Å². The first-order chi connectivity index (χ1) is 7.15. The van der Waals surface area contributed by atoms with Crippen LogP contribution < -0.4 is 17.0 Å². The Morgan fingerprint density at radius 1 is 1.33 bits per heavy atom. The molecule has 1 rings (SSSR count). The Kier molecular flexibility index (Phi) is 4.30. The van der Waals surface area contributed by atoms with E-state index in [2.05, 4.69) is 4.98 Å². The predicted molar refractivity (Wildman–Crippen MR) is 59.0 cm³/mol. The molecule has 84 valence electrons. The lowest BCUT2D eigenvalue weighted by Gasteiger charge is -2.04. The number of rotatable bonds is 5. The molecule has 1 aromatic heterocycles. The van der Waals surface area contributed by atoms with E-state index in [0.29, 0.717) is 18.7 Å². The van der Waals surface area contributed by atoms with Crippen LogP contribution >= 0.6 is 0 Å². The zero-order valence-electron chi connectivity index (χ0n) is 8.95. The van der Waals surface area contributed by atoms with Crippen molar-refractivity contribution in [3.63, 3.8) is 0 Å². The quantitative estimate of drug-likeness (QED) is 0.671. The van der Waals surface area contributed by atoms with Crippen molar-refractivity contribution in [1.82, 2.24) is 9.55 Å². The summed E-state index contributed by atoms with van der Waals surface area (Å²) in [5.41, 5.74) is 5.29. The van der Waals surface area contributed by atoms with Crippen LogP contribution in [0.1, 0.15) is 24.8 Å². The van der Waals surface area contributed by atoms with Crippen molar-refractivity contribution in [2.24, 2.45) is 5.73 Å². The normalized spacial score (nSPS) is 10.5. The summed E-state index contributed by atoms with van der Waals surface area (Å²) in [6.07, 6.45) is 4.48. The molecule has 0 amide bonds. The summed E-state index contributed by atoms with van der Waals surface area (Å²) in [5, 5.41) is 0. The van der Waals surface area contributed by atoms with Gasteiger partial charge >= 0.3 is 5.69 Å². The molecule has 0 spiro atoms. The van der Waals surface area contributed by atoms with Gasteiger partial charge in [-0.05, 0) is 26.3 Å². The third-order valence-electron chi connectivity index (χ3n) is 2.29. The molecular weight excluding hydrogens is 194 g/mol. The summed E-state index contributed by atoms with van der Waals surface area (Å²) in [4.78, 5) is 24.7. The first kappa shape index (κ1) is 11.7. The SMILES string of the molecule is Cc1cn(CCCCCN)c(=O)[nH]c1=O.